The summed E-state index contributed by atoms with van der Waals surface area (Å²) in [6.07, 6.45) is 5.14. The van der Waals surface area contributed by atoms with Gasteiger partial charge in [0.25, 0.3) is 5.91 Å². The van der Waals surface area contributed by atoms with E-state index in [-0.39, 0.29) is 11.9 Å². The zero-order valence-electron chi connectivity index (χ0n) is 15.1. The predicted octanol–water partition coefficient (Wildman–Crippen LogP) is 4.94. The fourth-order valence-corrected chi connectivity index (χ4v) is 3.86. The van der Waals surface area contributed by atoms with Gasteiger partial charge in [0.2, 0.25) is 0 Å². The summed E-state index contributed by atoms with van der Waals surface area (Å²) in [6.45, 7) is 5.03. The molecule has 1 saturated heterocycles. The van der Waals surface area contributed by atoms with Crippen molar-refractivity contribution in [2.24, 2.45) is 0 Å². The highest BCUT2D eigenvalue weighted by Gasteiger charge is 2.30. The van der Waals surface area contributed by atoms with Crippen LogP contribution in [0.4, 0.5) is 0 Å². The smallest absolute Gasteiger partial charge is 0.254 e. The van der Waals surface area contributed by atoms with Crippen molar-refractivity contribution in [3.63, 3.8) is 0 Å². The summed E-state index contributed by atoms with van der Waals surface area (Å²) in [5.41, 5.74) is 5.37. The molecule has 1 unspecified atom stereocenters. The molecule has 1 aliphatic heterocycles. The molecular weight excluding hydrogens is 324 g/mol. The molecule has 4 rings (SSSR count). The third-order valence-corrected chi connectivity index (χ3v) is 4.99. The standard InChI is InChI=1S/C22H22N2O2/c1-15-10-16(2)12-19(11-15)20-4-3-9-24(20)22(25)18-7-5-17(6-8-18)21-13-23-14-26-21/h5-8,10-14,20H,3-4,9H2,1-2H3. The normalized spacial score (nSPS) is 16.8. The van der Waals surface area contributed by atoms with Crippen LogP contribution in [-0.4, -0.2) is 22.3 Å². The first-order valence-corrected chi connectivity index (χ1v) is 9.00. The molecule has 0 N–H and O–H groups in total. The van der Waals surface area contributed by atoms with Crippen LogP contribution >= 0.6 is 0 Å². The van der Waals surface area contributed by atoms with E-state index in [1.54, 1.807) is 6.20 Å². The summed E-state index contributed by atoms with van der Waals surface area (Å²) in [5, 5.41) is 0. The van der Waals surface area contributed by atoms with Crippen molar-refractivity contribution >= 4 is 5.91 Å². The topological polar surface area (TPSA) is 46.3 Å². The van der Waals surface area contributed by atoms with Gasteiger partial charge in [-0.25, -0.2) is 4.98 Å². The van der Waals surface area contributed by atoms with E-state index in [1.807, 2.05) is 29.2 Å². The van der Waals surface area contributed by atoms with Crippen molar-refractivity contribution in [3.8, 4) is 11.3 Å². The highest BCUT2D eigenvalue weighted by atomic mass is 16.3. The Labute approximate surface area is 153 Å². The molecule has 0 saturated carbocycles. The minimum absolute atomic E-state index is 0.0933. The number of aromatic nitrogens is 1. The number of carbonyl (C=O) groups excluding carboxylic acids is 1. The zero-order valence-corrected chi connectivity index (χ0v) is 15.1. The second kappa shape index (κ2) is 6.79. The lowest BCUT2D eigenvalue weighted by atomic mass is 9.99. The Bertz CT molecular complexity index is 894. The van der Waals surface area contributed by atoms with E-state index in [2.05, 4.69) is 37.0 Å². The third-order valence-electron chi connectivity index (χ3n) is 4.99. The van der Waals surface area contributed by atoms with E-state index in [9.17, 15) is 4.79 Å². The summed E-state index contributed by atoms with van der Waals surface area (Å²) < 4.78 is 5.31. The number of benzene rings is 2. The molecule has 0 spiro atoms. The molecule has 4 heteroatoms. The van der Waals surface area contributed by atoms with E-state index in [0.29, 0.717) is 11.3 Å². The van der Waals surface area contributed by atoms with Crippen molar-refractivity contribution in [2.75, 3.05) is 6.54 Å². The van der Waals surface area contributed by atoms with E-state index in [1.165, 1.54) is 23.1 Å². The second-order valence-electron chi connectivity index (χ2n) is 7.02. The minimum atomic E-state index is 0.0933. The van der Waals surface area contributed by atoms with Gasteiger partial charge in [0.15, 0.2) is 12.2 Å². The summed E-state index contributed by atoms with van der Waals surface area (Å²) in [6, 6.07) is 14.3. The van der Waals surface area contributed by atoms with E-state index < -0.39 is 0 Å². The Kier molecular flexibility index (Phi) is 4.33. The van der Waals surface area contributed by atoms with E-state index >= 15 is 0 Å². The molecule has 132 valence electrons. The van der Waals surface area contributed by atoms with Gasteiger partial charge in [0.05, 0.1) is 12.2 Å². The fraction of sp³-hybridized carbons (Fsp3) is 0.273. The van der Waals surface area contributed by atoms with Gasteiger partial charge in [-0.2, -0.15) is 0 Å². The van der Waals surface area contributed by atoms with Gasteiger partial charge in [-0.1, -0.05) is 41.5 Å². The average Bonchev–Trinajstić information content (AvgIpc) is 3.32. The SMILES string of the molecule is Cc1cc(C)cc(C2CCCN2C(=O)c2ccc(-c3cnco3)cc2)c1. The van der Waals surface area contributed by atoms with Gasteiger partial charge in [-0.3, -0.25) is 4.79 Å². The molecule has 1 atom stereocenters. The van der Waals surface area contributed by atoms with Crippen molar-refractivity contribution in [1.29, 1.82) is 0 Å². The van der Waals surface area contributed by atoms with Gasteiger partial charge in [-0.05, 0) is 44.4 Å². The van der Waals surface area contributed by atoms with Crippen LogP contribution < -0.4 is 0 Å². The van der Waals surface area contributed by atoms with E-state index in [4.69, 9.17) is 4.42 Å². The molecule has 0 aliphatic carbocycles. The number of oxazole rings is 1. The van der Waals surface area contributed by atoms with Crippen molar-refractivity contribution < 1.29 is 9.21 Å². The molecule has 2 aromatic carbocycles. The highest BCUT2D eigenvalue weighted by molar-refractivity contribution is 5.95. The van der Waals surface area contributed by atoms with Crippen LogP contribution in [0.25, 0.3) is 11.3 Å². The number of carbonyl (C=O) groups is 1. The van der Waals surface area contributed by atoms with Gasteiger partial charge in [0.1, 0.15) is 0 Å². The molecule has 1 amide bonds. The van der Waals surface area contributed by atoms with Crippen molar-refractivity contribution in [1.82, 2.24) is 9.88 Å². The zero-order chi connectivity index (χ0) is 18.1. The monoisotopic (exact) mass is 346 g/mol. The van der Waals surface area contributed by atoms with Gasteiger partial charge >= 0.3 is 0 Å². The predicted molar refractivity (Wildman–Crippen MR) is 101 cm³/mol. The molecule has 1 aromatic heterocycles. The number of nitrogens with zero attached hydrogens (tertiary/aromatic N) is 2. The molecule has 4 nitrogen and oxygen atoms in total. The van der Waals surface area contributed by atoms with Gasteiger partial charge < -0.3 is 9.32 Å². The Morgan fingerprint density at radius 1 is 1.12 bits per heavy atom. The number of amides is 1. The third kappa shape index (κ3) is 3.15. The Hall–Kier alpha value is -2.88. The number of hydrogen-bond acceptors (Lipinski definition) is 3. The van der Waals surface area contributed by atoms with Crippen LogP contribution in [0.3, 0.4) is 0 Å². The molecule has 0 bridgehead atoms. The Balaban J connectivity index is 1.58. The Morgan fingerprint density at radius 3 is 2.50 bits per heavy atom. The number of aryl methyl sites for hydroxylation is 2. The second-order valence-corrected chi connectivity index (χ2v) is 7.02. The molecular formula is C22H22N2O2. The maximum atomic E-state index is 13.1. The molecule has 1 fully saturated rings. The minimum Gasteiger partial charge on any atom is -0.444 e. The maximum absolute atomic E-state index is 13.1. The molecule has 2 heterocycles. The molecule has 1 aliphatic rings. The number of rotatable bonds is 3. The first-order chi connectivity index (χ1) is 12.6. The number of likely N-dealkylation sites (tertiary alicyclic amines) is 1. The van der Waals surface area contributed by atoms with Crippen molar-refractivity contribution in [3.05, 3.63) is 77.3 Å². The largest absolute Gasteiger partial charge is 0.444 e. The van der Waals surface area contributed by atoms with Crippen LogP contribution in [0.2, 0.25) is 0 Å². The lowest BCUT2D eigenvalue weighted by Crippen LogP contribution is -2.30. The fourth-order valence-electron chi connectivity index (χ4n) is 3.86. The van der Waals surface area contributed by atoms with Crippen LogP contribution in [0.5, 0.6) is 0 Å². The highest BCUT2D eigenvalue weighted by Crippen LogP contribution is 2.34. The molecule has 3 aromatic rings. The van der Waals surface area contributed by atoms with E-state index in [0.717, 1.165) is 24.9 Å². The summed E-state index contributed by atoms with van der Waals surface area (Å²) in [4.78, 5) is 19.0. The lowest BCUT2D eigenvalue weighted by Gasteiger charge is -2.26. The summed E-state index contributed by atoms with van der Waals surface area (Å²) >= 11 is 0. The summed E-state index contributed by atoms with van der Waals surface area (Å²) in [7, 11) is 0. The summed E-state index contributed by atoms with van der Waals surface area (Å²) in [5.74, 6) is 0.800. The van der Waals surface area contributed by atoms with Crippen LogP contribution in [0.15, 0.2) is 59.5 Å². The van der Waals surface area contributed by atoms with Crippen LogP contribution in [-0.2, 0) is 0 Å². The van der Waals surface area contributed by atoms with Crippen LogP contribution in [0, 0.1) is 13.8 Å². The first kappa shape index (κ1) is 16.6. The van der Waals surface area contributed by atoms with Gasteiger partial charge in [-0.15, -0.1) is 0 Å². The quantitative estimate of drug-likeness (QED) is 0.675. The van der Waals surface area contributed by atoms with Crippen molar-refractivity contribution in [2.45, 2.75) is 32.7 Å². The molecule has 0 radical (unpaired) electrons. The number of hydrogen-bond donors (Lipinski definition) is 0. The lowest BCUT2D eigenvalue weighted by molar-refractivity contribution is 0.0735. The molecule has 26 heavy (non-hydrogen) atoms. The maximum Gasteiger partial charge on any atom is 0.254 e. The van der Waals surface area contributed by atoms with Gasteiger partial charge in [0, 0.05) is 17.7 Å². The Morgan fingerprint density at radius 2 is 1.85 bits per heavy atom. The van der Waals surface area contributed by atoms with Crippen LogP contribution in [0.1, 0.15) is 45.9 Å². The first-order valence-electron chi connectivity index (χ1n) is 9.00. The average molecular weight is 346 g/mol.